The Morgan fingerprint density at radius 2 is 2.00 bits per heavy atom. The van der Waals surface area contributed by atoms with Gasteiger partial charge < -0.3 is 10.1 Å². The van der Waals surface area contributed by atoms with Crippen LogP contribution >= 0.6 is 24.0 Å². The largest absolute Gasteiger partial charge is 0.496 e. The maximum atomic E-state index is 13.7. The summed E-state index contributed by atoms with van der Waals surface area (Å²) in [5.41, 5.74) is 0.998. The quantitative estimate of drug-likeness (QED) is 0.798. The molecule has 1 saturated heterocycles. The van der Waals surface area contributed by atoms with Crippen molar-refractivity contribution < 1.29 is 17.5 Å². The summed E-state index contributed by atoms with van der Waals surface area (Å²) in [5.74, 6) is 0.0818. The highest BCUT2D eigenvalue weighted by Gasteiger charge is 2.37. The fourth-order valence-electron chi connectivity index (χ4n) is 3.13. The van der Waals surface area contributed by atoms with E-state index in [-0.39, 0.29) is 34.4 Å². The van der Waals surface area contributed by atoms with Crippen molar-refractivity contribution in [2.24, 2.45) is 0 Å². The Morgan fingerprint density at radius 1 is 1.30 bits per heavy atom. The zero-order valence-electron chi connectivity index (χ0n) is 14.9. The molecule has 27 heavy (non-hydrogen) atoms. The normalized spacial score (nSPS) is 18.0. The highest BCUT2D eigenvalue weighted by Crippen LogP contribution is 2.36. The summed E-state index contributed by atoms with van der Waals surface area (Å²) in [5, 5.41) is 3.10. The lowest BCUT2D eigenvalue weighted by Crippen LogP contribution is -2.48. The molecule has 5 nitrogen and oxygen atoms in total. The van der Waals surface area contributed by atoms with Crippen molar-refractivity contribution in [2.45, 2.75) is 17.9 Å². The zero-order chi connectivity index (χ0) is 18.9. The van der Waals surface area contributed by atoms with E-state index < -0.39 is 21.9 Å². The van der Waals surface area contributed by atoms with Gasteiger partial charge in [0, 0.05) is 25.2 Å². The van der Waals surface area contributed by atoms with Crippen molar-refractivity contribution in [3.63, 3.8) is 0 Å². The van der Waals surface area contributed by atoms with Crippen LogP contribution in [0.2, 0.25) is 5.02 Å². The van der Waals surface area contributed by atoms with Gasteiger partial charge in [-0.15, -0.1) is 12.4 Å². The third-order valence-electron chi connectivity index (χ3n) is 4.49. The van der Waals surface area contributed by atoms with Crippen LogP contribution < -0.4 is 10.1 Å². The Morgan fingerprint density at radius 3 is 2.70 bits per heavy atom. The number of halogens is 3. The molecular formula is C18H21Cl2FN2O3S. The molecule has 9 heteroatoms. The number of methoxy groups -OCH3 is 1. The topological polar surface area (TPSA) is 58.6 Å². The van der Waals surface area contributed by atoms with Crippen molar-refractivity contribution in [1.82, 2.24) is 9.62 Å². The Bertz CT molecular complexity index is 925. The number of hydrogen-bond donors (Lipinski definition) is 1. The molecule has 1 aliphatic rings. The highest BCUT2D eigenvalue weighted by molar-refractivity contribution is 7.89. The van der Waals surface area contributed by atoms with Crippen molar-refractivity contribution >= 4 is 34.0 Å². The average molecular weight is 435 g/mol. The number of piperazine rings is 1. The minimum absolute atomic E-state index is 0. The molecule has 148 valence electrons. The molecular weight excluding hydrogens is 414 g/mol. The van der Waals surface area contributed by atoms with Gasteiger partial charge in [0.2, 0.25) is 10.0 Å². The Kier molecular flexibility index (Phi) is 7.10. The van der Waals surface area contributed by atoms with E-state index in [1.54, 1.807) is 13.2 Å². The molecule has 3 rings (SSSR count). The molecule has 0 amide bonds. The maximum absolute atomic E-state index is 13.7. The van der Waals surface area contributed by atoms with Gasteiger partial charge >= 0.3 is 0 Å². The first-order valence-electron chi connectivity index (χ1n) is 8.17. The maximum Gasteiger partial charge on any atom is 0.245 e. The summed E-state index contributed by atoms with van der Waals surface area (Å²) in [6.45, 7) is 2.75. The molecule has 1 N–H and O–H groups in total. The highest BCUT2D eigenvalue weighted by atomic mass is 35.5. The summed E-state index contributed by atoms with van der Waals surface area (Å²) < 4.78 is 47.1. The number of ether oxygens (including phenoxy) is 1. The van der Waals surface area contributed by atoms with Crippen LogP contribution in [0.5, 0.6) is 5.75 Å². The molecule has 0 saturated carbocycles. The van der Waals surface area contributed by atoms with Crippen LogP contribution in [0, 0.1) is 12.7 Å². The summed E-state index contributed by atoms with van der Waals surface area (Å²) in [7, 11) is -2.37. The monoisotopic (exact) mass is 434 g/mol. The fourth-order valence-corrected chi connectivity index (χ4v) is 5.32. The van der Waals surface area contributed by atoms with Gasteiger partial charge in [0.25, 0.3) is 0 Å². The minimum Gasteiger partial charge on any atom is -0.496 e. The number of rotatable bonds is 4. The molecule has 0 aliphatic carbocycles. The number of para-hydroxylation sites is 1. The lowest BCUT2D eigenvalue weighted by molar-refractivity contribution is 0.264. The van der Waals surface area contributed by atoms with Crippen LogP contribution in [0.3, 0.4) is 0 Å². The van der Waals surface area contributed by atoms with Gasteiger partial charge in [-0.1, -0.05) is 29.8 Å². The summed E-state index contributed by atoms with van der Waals surface area (Å²) >= 11 is 6.07. The Balaban J connectivity index is 0.00000261. The summed E-state index contributed by atoms with van der Waals surface area (Å²) in [6.07, 6.45) is 0. The standard InChI is InChI=1S/C18H20ClFN2O3S.ClH/c1-12-9-18(14(19)10-15(12)20)26(23,24)22-8-7-21-11-16(22)13-5-3-4-6-17(13)25-2;/h3-6,9-10,16,21H,7-8,11H2,1-2H3;1H. The second-order valence-corrected chi connectivity index (χ2v) is 8.38. The van der Waals surface area contributed by atoms with Crippen LogP contribution in [0.4, 0.5) is 4.39 Å². The van der Waals surface area contributed by atoms with Gasteiger partial charge in [-0.2, -0.15) is 4.31 Å². The van der Waals surface area contributed by atoms with E-state index in [1.165, 1.54) is 17.3 Å². The molecule has 0 aromatic heterocycles. The second kappa shape index (κ2) is 8.75. The number of hydrogen-bond acceptors (Lipinski definition) is 4. The van der Waals surface area contributed by atoms with E-state index in [4.69, 9.17) is 16.3 Å². The first-order chi connectivity index (χ1) is 12.4. The molecule has 2 aromatic carbocycles. The van der Waals surface area contributed by atoms with E-state index in [0.29, 0.717) is 18.8 Å². The smallest absolute Gasteiger partial charge is 0.245 e. The van der Waals surface area contributed by atoms with Crippen LogP contribution in [-0.4, -0.2) is 39.5 Å². The molecule has 1 fully saturated rings. The van der Waals surface area contributed by atoms with Crippen molar-refractivity contribution in [2.75, 3.05) is 26.7 Å². The number of aryl methyl sites for hydroxylation is 1. The Hall–Kier alpha value is -1.38. The molecule has 1 unspecified atom stereocenters. The van der Waals surface area contributed by atoms with Gasteiger partial charge in [0.05, 0.1) is 18.2 Å². The van der Waals surface area contributed by atoms with Crippen molar-refractivity contribution in [1.29, 1.82) is 0 Å². The predicted octanol–water partition coefficient (Wildman–Crippen LogP) is 3.55. The third-order valence-corrected chi connectivity index (χ3v) is 6.86. The first-order valence-corrected chi connectivity index (χ1v) is 9.99. The molecule has 1 aliphatic heterocycles. The predicted molar refractivity (Wildman–Crippen MR) is 106 cm³/mol. The molecule has 2 aromatic rings. The average Bonchev–Trinajstić information content (AvgIpc) is 2.64. The van der Waals surface area contributed by atoms with E-state index in [9.17, 15) is 12.8 Å². The number of nitrogens with zero attached hydrogens (tertiary/aromatic N) is 1. The fraction of sp³-hybridized carbons (Fsp3) is 0.333. The van der Waals surface area contributed by atoms with Crippen molar-refractivity contribution in [3.05, 3.63) is 58.4 Å². The van der Waals surface area contributed by atoms with Gasteiger partial charge in [-0.3, -0.25) is 0 Å². The van der Waals surface area contributed by atoms with Crippen molar-refractivity contribution in [3.8, 4) is 5.75 Å². The van der Waals surface area contributed by atoms with Crippen LogP contribution in [-0.2, 0) is 10.0 Å². The molecule has 0 spiro atoms. The lowest BCUT2D eigenvalue weighted by atomic mass is 10.0. The molecule has 0 radical (unpaired) electrons. The van der Waals surface area contributed by atoms with Gasteiger partial charge in [-0.05, 0) is 30.7 Å². The first kappa shape index (κ1) is 21.9. The minimum atomic E-state index is -3.92. The van der Waals surface area contributed by atoms with Crippen LogP contribution in [0.1, 0.15) is 17.2 Å². The molecule has 1 atom stereocenters. The van der Waals surface area contributed by atoms with E-state index in [1.807, 2.05) is 18.2 Å². The van der Waals surface area contributed by atoms with E-state index >= 15 is 0 Å². The Labute approximate surface area is 169 Å². The number of nitrogens with one attached hydrogen (secondary N) is 1. The van der Waals surface area contributed by atoms with Gasteiger partial charge in [0.1, 0.15) is 16.5 Å². The van der Waals surface area contributed by atoms with Gasteiger partial charge in [-0.25, -0.2) is 12.8 Å². The number of sulfonamides is 1. The summed E-state index contributed by atoms with van der Waals surface area (Å²) in [4.78, 5) is -0.0835. The number of benzene rings is 2. The zero-order valence-corrected chi connectivity index (χ0v) is 17.3. The SMILES string of the molecule is COc1ccccc1C1CNCCN1S(=O)(=O)c1cc(C)c(F)cc1Cl.Cl. The van der Waals surface area contributed by atoms with E-state index in [2.05, 4.69) is 5.32 Å². The van der Waals surface area contributed by atoms with Crippen LogP contribution in [0.15, 0.2) is 41.3 Å². The lowest BCUT2D eigenvalue weighted by Gasteiger charge is -2.36. The second-order valence-electron chi connectivity index (χ2n) is 6.11. The molecule has 0 bridgehead atoms. The van der Waals surface area contributed by atoms with Gasteiger partial charge in [0.15, 0.2) is 0 Å². The summed E-state index contributed by atoms with van der Waals surface area (Å²) in [6, 6.07) is 9.19. The third kappa shape index (κ3) is 4.22. The van der Waals surface area contributed by atoms with Crippen LogP contribution in [0.25, 0.3) is 0 Å². The molecule has 1 heterocycles. The van der Waals surface area contributed by atoms with E-state index in [0.717, 1.165) is 11.6 Å².